The van der Waals surface area contributed by atoms with Gasteiger partial charge in [-0.15, -0.1) is 0 Å². The minimum atomic E-state index is -0.606. The number of esters is 1. The molecular formula is C18H21NO6S. The van der Waals surface area contributed by atoms with Crippen molar-refractivity contribution in [3.05, 3.63) is 28.7 Å². The number of amides is 2. The van der Waals surface area contributed by atoms with Crippen molar-refractivity contribution >= 4 is 35.0 Å². The molecule has 2 rings (SSSR count). The molecule has 1 aliphatic rings. The Kier molecular flexibility index (Phi) is 6.68. The van der Waals surface area contributed by atoms with Gasteiger partial charge < -0.3 is 14.2 Å². The maximum atomic E-state index is 12.5. The van der Waals surface area contributed by atoms with Crippen LogP contribution in [-0.2, 0) is 14.3 Å². The summed E-state index contributed by atoms with van der Waals surface area (Å²) in [5.41, 5.74) is 0.647. The van der Waals surface area contributed by atoms with Crippen LogP contribution in [0.2, 0.25) is 0 Å². The van der Waals surface area contributed by atoms with Crippen molar-refractivity contribution in [2.24, 2.45) is 0 Å². The van der Waals surface area contributed by atoms with Crippen LogP contribution in [0.4, 0.5) is 4.79 Å². The standard InChI is InChI=1S/C18H21NO6S/c1-5-11(2)25-16(20)10-19-17(21)15(26-18(19)22)8-12-6-13(23-3)9-14(7-12)24-4/h6-9,11H,5,10H2,1-4H3/b15-8+/t11-/m0/s1. The normalized spacial score (nSPS) is 16.8. The first kappa shape index (κ1) is 19.8. The lowest BCUT2D eigenvalue weighted by atomic mass is 10.2. The summed E-state index contributed by atoms with van der Waals surface area (Å²) in [6.45, 7) is 3.23. The number of thioether (sulfide) groups is 1. The lowest BCUT2D eigenvalue weighted by Gasteiger charge is -2.14. The zero-order valence-corrected chi connectivity index (χ0v) is 15.9. The second-order valence-corrected chi connectivity index (χ2v) is 6.62. The first-order chi connectivity index (χ1) is 12.4. The van der Waals surface area contributed by atoms with Crippen LogP contribution in [0.5, 0.6) is 11.5 Å². The largest absolute Gasteiger partial charge is 0.497 e. The molecule has 1 atom stereocenters. The van der Waals surface area contributed by atoms with E-state index in [2.05, 4.69) is 0 Å². The smallest absolute Gasteiger partial charge is 0.326 e. The van der Waals surface area contributed by atoms with Gasteiger partial charge in [0.2, 0.25) is 0 Å². The van der Waals surface area contributed by atoms with E-state index in [9.17, 15) is 14.4 Å². The molecule has 0 aromatic heterocycles. The van der Waals surface area contributed by atoms with Gasteiger partial charge in [-0.3, -0.25) is 19.3 Å². The highest BCUT2D eigenvalue weighted by molar-refractivity contribution is 8.18. The van der Waals surface area contributed by atoms with E-state index < -0.39 is 23.7 Å². The highest BCUT2D eigenvalue weighted by atomic mass is 32.2. The van der Waals surface area contributed by atoms with Gasteiger partial charge in [-0.05, 0) is 48.9 Å². The summed E-state index contributed by atoms with van der Waals surface area (Å²) < 4.78 is 15.5. The average molecular weight is 379 g/mol. The predicted octanol–water partition coefficient (Wildman–Crippen LogP) is 3.08. The van der Waals surface area contributed by atoms with Gasteiger partial charge in [0.15, 0.2) is 0 Å². The molecule has 1 heterocycles. The Hall–Kier alpha value is -2.48. The number of carbonyl (C=O) groups is 3. The maximum Gasteiger partial charge on any atom is 0.326 e. The Morgan fingerprint density at radius 2 is 1.81 bits per heavy atom. The average Bonchev–Trinajstić information content (AvgIpc) is 2.88. The van der Waals surface area contributed by atoms with Gasteiger partial charge in [-0.25, -0.2) is 0 Å². The summed E-state index contributed by atoms with van der Waals surface area (Å²) in [6, 6.07) is 5.13. The van der Waals surface area contributed by atoms with Crippen LogP contribution in [-0.4, -0.2) is 48.9 Å². The monoisotopic (exact) mass is 379 g/mol. The highest BCUT2D eigenvalue weighted by Gasteiger charge is 2.36. The third-order valence-corrected chi connectivity index (χ3v) is 4.65. The zero-order chi connectivity index (χ0) is 19.3. The van der Waals surface area contributed by atoms with Crippen molar-refractivity contribution in [2.45, 2.75) is 26.4 Å². The summed E-state index contributed by atoms with van der Waals surface area (Å²) in [4.78, 5) is 37.5. The van der Waals surface area contributed by atoms with Crippen molar-refractivity contribution in [1.82, 2.24) is 4.90 Å². The Morgan fingerprint density at radius 3 is 2.35 bits per heavy atom. The van der Waals surface area contributed by atoms with Gasteiger partial charge in [-0.1, -0.05) is 6.92 Å². The highest BCUT2D eigenvalue weighted by Crippen LogP contribution is 2.33. The fraction of sp³-hybridized carbons (Fsp3) is 0.389. The molecule has 26 heavy (non-hydrogen) atoms. The molecule has 0 saturated carbocycles. The summed E-state index contributed by atoms with van der Waals surface area (Å²) in [5.74, 6) is -0.00671. The first-order valence-electron chi connectivity index (χ1n) is 8.05. The van der Waals surface area contributed by atoms with Gasteiger partial charge in [0, 0.05) is 6.07 Å². The Labute approximate surface area is 156 Å². The van der Waals surface area contributed by atoms with E-state index in [1.54, 1.807) is 31.2 Å². The van der Waals surface area contributed by atoms with E-state index in [-0.39, 0.29) is 11.0 Å². The van der Waals surface area contributed by atoms with Crippen LogP contribution >= 0.6 is 11.8 Å². The zero-order valence-electron chi connectivity index (χ0n) is 15.1. The molecule has 0 N–H and O–H groups in total. The molecule has 1 aliphatic heterocycles. The van der Waals surface area contributed by atoms with E-state index in [0.717, 1.165) is 16.7 Å². The maximum absolute atomic E-state index is 12.5. The van der Waals surface area contributed by atoms with E-state index >= 15 is 0 Å². The summed E-state index contributed by atoms with van der Waals surface area (Å²) in [7, 11) is 3.05. The predicted molar refractivity (Wildman–Crippen MR) is 98.1 cm³/mol. The summed E-state index contributed by atoms with van der Waals surface area (Å²) in [6.07, 6.45) is 1.96. The van der Waals surface area contributed by atoms with Gasteiger partial charge in [0.25, 0.3) is 11.1 Å². The SMILES string of the molecule is CC[C@H](C)OC(=O)CN1C(=O)S/C(=C/c2cc(OC)cc(OC)c2)C1=O. The summed E-state index contributed by atoms with van der Waals surface area (Å²) in [5, 5.41) is -0.503. The van der Waals surface area contributed by atoms with Gasteiger partial charge in [0.1, 0.15) is 18.0 Å². The van der Waals surface area contributed by atoms with Crippen molar-refractivity contribution < 1.29 is 28.6 Å². The van der Waals surface area contributed by atoms with Crippen molar-refractivity contribution in [2.75, 3.05) is 20.8 Å². The third-order valence-electron chi connectivity index (χ3n) is 3.74. The van der Waals surface area contributed by atoms with Crippen LogP contribution in [0.25, 0.3) is 6.08 Å². The number of carbonyl (C=O) groups excluding carboxylic acids is 3. The fourth-order valence-electron chi connectivity index (χ4n) is 2.17. The molecule has 1 aromatic rings. The molecule has 140 valence electrons. The Balaban J connectivity index is 2.17. The number of nitrogens with zero attached hydrogens (tertiary/aromatic N) is 1. The fourth-order valence-corrected chi connectivity index (χ4v) is 3.01. The molecule has 0 aliphatic carbocycles. The number of methoxy groups -OCH3 is 2. The number of rotatable bonds is 7. The molecule has 0 radical (unpaired) electrons. The molecule has 2 amide bonds. The topological polar surface area (TPSA) is 82.1 Å². The second-order valence-electron chi connectivity index (χ2n) is 5.62. The van der Waals surface area contributed by atoms with E-state index in [4.69, 9.17) is 14.2 Å². The number of benzene rings is 1. The molecule has 0 bridgehead atoms. The number of hydrogen-bond donors (Lipinski definition) is 0. The van der Waals surface area contributed by atoms with E-state index in [1.165, 1.54) is 14.2 Å². The van der Waals surface area contributed by atoms with Crippen LogP contribution in [0, 0.1) is 0 Å². The van der Waals surface area contributed by atoms with Crippen molar-refractivity contribution in [3.8, 4) is 11.5 Å². The van der Waals surface area contributed by atoms with Crippen LogP contribution < -0.4 is 9.47 Å². The second kappa shape index (κ2) is 8.75. The van der Waals surface area contributed by atoms with E-state index in [0.29, 0.717) is 23.5 Å². The van der Waals surface area contributed by atoms with Crippen LogP contribution in [0.1, 0.15) is 25.8 Å². The van der Waals surface area contributed by atoms with Crippen LogP contribution in [0.3, 0.4) is 0 Å². The number of hydrogen-bond acceptors (Lipinski definition) is 7. The number of imide groups is 1. The number of ether oxygens (including phenoxy) is 3. The molecule has 1 fully saturated rings. The van der Waals surface area contributed by atoms with Gasteiger partial charge in [-0.2, -0.15) is 0 Å². The molecule has 7 nitrogen and oxygen atoms in total. The molecule has 0 spiro atoms. The molecule has 1 aromatic carbocycles. The summed E-state index contributed by atoms with van der Waals surface area (Å²) >= 11 is 0.779. The Morgan fingerprint density at radius 1 is 1.19 bits per heavy atom. The molecule has 0 unspecified atom stereocenters. The minimum absolute atomic E-state index is 0.224. The first-order valence-corrected chi connectivity index (χ1v) is 8.87. The van der Waals surface area contributed by atoms with Crippen molar-refractivity contribution in [3.63, 3.8) is 0 Å². The quantitative estimate of drug-likeness (QED) is 0.532. The molecule has 8 heteroatoms. The Bertz CT molecular complexity index is 723. The minimum Gasteiger partial charge on any atom is -0.497 e. The van der Waals surface area contributed by atoms with Gasteiger partial charge >= 0.3 is 5.97 Å². The van der Waals surface area contributed by atoms with E-state index in [1.807, 2.05) is 6.92 Å². The molecular weight excluding hydrogens is 358 g/mol. The lowest BCUT2D eigenvalue weighted by Crippen LogP contribution is -2.35. The molecule has 1 saturated heterocycles. The third kappa shape index (κ3) is 4.78. The lowest BCUT2D eigenvalue weighted by molar-refractivity contribution is -0.150. The van der Waals surface area contributed by atoms with Crippen molar-refractivity contribution in [1.29, 1.82) is 0 Å². The van der Waals surface area contributed by atoms with Gasteiger partial charge in [0.05, 0.1) is 25.2 Å². The van der Waals surface area contributed by atoms with Crippen LogP contribution in [0.15, 0.2) is 23.1 Å².